The van der Waals surface area contributed by atoms with Gasteiger partial charge < -0.3 is 44.6 Å². The lowest BCUT2D eigenvalue weighted by molar-refractivity contribution is -0.141. The molecule has 1 aromatic carbocycles. The van der Waals surface area contributed by atoms with Gasteiger partial charge in [0.15, 0.2) is 5.82 Å². The van der Waals surface area contributed by atoms with Crippen molar-refractivity contribution in [2.75, 3.05) is 84.0 Å². The van der Waals surface area contributed by atoms with Crippen LogP contribution in [0.3, 0.4) is 0 Å². The number of nitrogen functional groups attached to an aromatic ring is 1. The molecule has 4 rings (SSSR count). The van der Waals surface area contributed by atoms with E-state index in [0.29, 0.717) is 52.8 Å². The molecule has 15 heteroatoms. The van der Waals surface area contributed by atoms with Crippen LogP contribution in [-0.2, 0) is 46.5 Å². The Morgan fingerprint density at radius 2 is 1.57 bits per heavy atom. The minimum Gasteiger partial charge on any atom is -0.496 e. The third kappa shape index (κ3) is 11.8. The highest BCUT2D eigenvalue weighted by atomic mass is 16.6. The molecular formula is C34H47N7O8. The van der Waals surface area contributed by atoms with Crippen molar-refractivity contribution >= 4 is 40.5 Å². The van der Waals surface area contributed by atoms with E-state index in [1.807, 2.05) is 30.5 Å². The van der Waals surface area contributed by atoms with Crippen LogP contribution in [0.15, 0.2) is 42.6 Å². The molecular weight excluding hydrogens is 634 g/mol. The fourth-order valence-corrected chi connectivity index (χ4v) is 5.05. The van der Waals surface area contributed by atoms with Crippen molar-refractivity contribution in [1.82, 2.24) is 24.8 Å². The second kappa shape index (κ2) is 20.1. The van der Waals surface area contributed by atoms with Crippen LogP contribution in [-0.4, -0.2) is 110 Å². The van der Waals surface area contributed by atoms with Crippen LogP contribution in [0.2, 0.25) is 0 Å². The summed E-state index contributed by atoms with van der Waals surface area (Å²) in [7, 11) is 1.66. The molecule has 0 atom stereocenters. The molecule has 0 bridgehead atoms. The standard InChI is InChI=1S/C34H47N7O8/c1-3-4-5-11-37-33-32-27(38-34(35)39-33)10-13-40(32)22-26-7-6-25(21-28(26)45-2)24-49-20-19-48-18-17-47-16-15-46-14-12-36-29(42)23-41-30(43)8-9-31(41)44/h6-10,13,21H,3-5,11-12,14-20,22-24H2,1-2H3,(H,36,42)(H3,35,37,38,39). The van der Waals surface area contributed by atoms with Crippen LogP contribution < -0.4 is 21.1 Å². The third-order valence-corrected chi connectivity index (χ3v) is 7.55. The minimum absolute atomic E-state index is 0.248. The van der Waals surface area contributed by atoms with Crippen LogP contribution >= 0.6 is 0 Å². The Hall–Kier alpha value is -4.57. The Morgan fingerprint density at radius 3 is 2.27 bits per heavy atom. The van der Waals surface area contributed by atoms with Crippen molar-refractivity contribution in [2.45, 2.75) is 39.3 Å². The van der Waals surface area contributed by atoms with E-state index in [1.165, 1.54) is 0 Å². The molecule has 15 nitrogen and oxygen atoms in total. The van der Waals surface area contributed by atoms with Gasteiger partial charge in [0.25, 0.3) is 11.8 Å². The fraction of sp³-hybridized carbons (Fsp3) is 0.500. The number of carbonyl (C=O) groups excluding carboxylic acids is 3. The van der Waals surface area contributed by atoms with Crippen LogP contribution in [0.5, 0.6) is 5.75 Å². The number of amides is 3. The largest absolute Gasteiger partial charge is 0.496 e. The molecule has 49 heavy (non-hydrogen) atoms. The van der Waals surface area contributed by atoms with Crippen molar-refractivity contribution in [3.63, 3.8) is 0 Å². The predicted molar refractivity (Wildman–Crippen MR) is 183 cm³/mol. The summed E-state index contributed by atoms with van der Waals surface area (Å²) in [5.41, 5.74) is 9.68. The summed E-state index contributed by atoms with van der Waals surface area (Å²) in [6.07, 6.45) is 7.62. The van der Waals surface area contributed by atoms with E-state index in [9.17, 15) is 14.4 Å². The van der Waals surface area contributed by atoms with Crippen LogP contribution in [0.4, 0.5) is 11.8 Å². The molecule has 1 aliphatic heterocycles. The number of carbonyl (C=O) groups is 3. The zero-order valence-corrected chi connectivity index (χ0v) is 28.3. The number of hydrogen-bond acceptors (Lipinski definition) is 12. The van der Waals surface area contributed by atoms with Crippen molar-refractivity contribution in [3.8, 4) is 5.75 Å². The topological polar surface area (TPSA) is 181 Å². The summed E-state index contributed by atoms with van der Waals surface area (Å²) in [5, 5.41) is 6.04. The van der Waals surface area contributed by atoms with Crippen LogP contribution in [0.25, 0.3) is 11.0 Å². The molecule has 0 saturated carbocycles. The van der Waals surface area contributed by atoms with Gasteiger partial charge in [0, 0.05) is 37.0 Å². The number of aromatic nitrogens is 3. The molecule has 0 unspecified atom stereocenters. The molecule has 266 valence electrons. The first-order chi connectivity index (χ1) is 23.9. The highest BCUT2D eigenvalue weighted by Crippen LogP contribution is 2.27. The number of fused-ring (bicyclic) bond motifs is 1. The zero-order chi connectivity index (χ0) is 34.8. The fourth-order valence-electron chi connectivity index (χ4n) is 5.05. The maximum atomic E-state index is 11.8. The SMILES string of the molecule is CCCCCNc1nc(N)nc2ccn(Cc3ccc(COCCOCCOCCOCCNC(=O)CN4C(=O)C=CC4=O)cc3OC)c12. The second-order valence-electron chi connectivity index (χ2n) is 11.2. The summed E-state index contributed by atoms with van der Waals surface area (Å²) in [6, 6.07) is 8.01. The van der Waals surface area contributed by atoms with Gasteiger partial charge in [-0.1, -0.05) is 31.9 Å². The maximum absolute atomic E-state index is 11.8. The Kier molecular flexibility index (Phi) is 15.3. The Labute approximate surface area is 286 Å². The first kappa shape index (κ1) is 37.3. The summed E-state index contributed by atoms with van der Waals surface area (Å²) in [6.45, 7) is 6.68. The average Bonchev–Trinajstić information content (AvgIpc) is 3.64. The van der Waals surface area contributed by atoms with Crippen molar-refractivity contribution in [1.29, 1.82) is 0 Å². The van der Waals surface area contributed by atoms with Gasteiger partial charge in [-0.15, -0.1) is 0 Å². The third-order valence-electron chi connectivity index (χ3n) is 7.55. The quantitative estimate of drug-likeness (QED) is 0.0929. The van der Waals surface area contributed by atoms with E-state index in [4.69, 9.17) is 29.4 Å². The number of hydrogen-bond donors (Lipinski definition) is 3. The van der Waals surface area contributed by atoms with E-state index in [-0.39, 0.29) is 25.6 Å². The van der Waals surface area contributed by atoms with E-state index in [1.54, 1.807) is 7.11 Å². The molecule has 3 aromatic rings. The number of anilines is 2. The first-order valence-electron chi connectivity index (χ1n) is 16.5. The molecule has 1 aliphatic rings. The van der Waals surface area contributed by atoms with Gasteiger partial charge in [0.05, 0.1) is 72.0 Å². The number of imide groups is 1. The van der Waals surface area contributed by atoms with E-state index < -0.39 is 17.7 Å². The van der Waals surface area contributed by atoms with Crippen molar-refractivity contribution in [2.24, 2.45) is 0 Å². The van der Waals surface area contributed by atoms with Crippen molar-refractivity contribution < 1.29 is 38.1 Å². The number of benzene rings is 1. The number of rotatable bonds is 24. The Bertz CT molecular complexity index is 1540. The lowest BCUT2D eigenvalue weighted by Crippen LogP contribution is -2.41. The number of nitrogens with one attached hydrogen (secondary N) is 2. The molecule has 2 aromatic heterocycles. The molecule has 0 saturated heterocycles. The van der Waals surface area contributed by atoms with Crippen molar-refractivity contribution in [3.05, 3.63) is 53.7 Å². The van der Waals surface area contributed by atoms with Gasteiger partial charge in [0.1, 0.15) is 17.8 Å². The van der Waals surface area contributed by atoms with E-state index in [2.05, 4.69) is 32.1 Å². The van der Waals surface area contributed by atoms with Gasteiger partial charge >= 0.3 is 0 Å². The summed E-state index contributed by atoms with van der Waals surface area (Å²) in [4.78, 5) is 44.5. The summed E-state index contributed by atoms with van der Waals surface area (Å²) in [5.74, 6) is 0.343. The lowest BCUT2D eigenvalue weighted by Gasteiger charge is -2.14. The second-order valence-corrected chi connectivity index (χ2v) is 11.2. The smallest absolute Gasteiger partial charge is 0.254 e. The molecule has 0 aliphatic carbocycles. The zero-order valence-electron chi connectivity index (χ0n) is 28.3. The summed E-state index contributed by atoms with van der Waals surface area (Å²) < 4.78 is 30.1. The van der Waals surface area contributed by atoms with Crippen LogP contribution in [0, 0.1) is 0 Å². The molecule has 0 fully saturated rings. The lowest BCUT2D eigenvalue weighted by atomic mass is 10.1. The van der Waals surface area contributed by atoms with Gasteiger partial charge in [-0.05, 0) is 24.1 Å². The van der Waals surface area contributed by atoms with E-state index >= 15 is 0 Å². The minimum atomic E-state index is -0.491. The number of unbranched alkanes of at least 4 members (excludes halogenated alkanes) is 2. The molecule has 3 amide bonds. The number of methoxy groups -OCH3 is 1. The van der Waals surface area contributed by atoms with Gasteiger partial charge in [-0.25, -0.2) is 4.98 Å². The highest BCUT2D eigenvalue weighted by Gasteiger charge is 2.25. The normalized spacial score (nSPS) is 12.7. The number of nitrogens with two attached hydrogens (primary N) is 1. The van der Waals surface area contributed by atoms with Gasteiger partial charge in [0.2, 0.25) is 11.9 Å². The van der Waals surface area contributed by atoms with Gasteiger partial charge in [-0.2, -0.15) is 4.98 Å². The maximum Gasteiger partial charge on any atom is 0.254 e. The highest BCUT2D eigenvalue weighted by molar-refractivity contribution is 6.14. The summed E-state index contributed by atoms with van der Waals surface area (Å²) >= 11 is 0. The van der Waals surface area contributed by atoms with Crippen LogP contribution in [0.1, 0.15) is 37.3 Å². The Balaban J connectivity index is 1.06. The monoisotopic (exact) mass is 681 g/mol. The molecule has 4 N–H and O–H groups in total. The first-order valence-corrected chi connectivity index (χ1v) is 16.5. The number of ether oxygens (including phenoxy) is 5. The number of nitrogens with zero attached hydrogens (tertiary/aromatic N) is 4. The molecule has 3 heterocycles. The molecule has 0 spiro atoms. The Morgan fingerprint density at radius 1 is 0.878 bits per heavy atom. The average molecular weight is 682 g/mol. The predicted octanol–water partition coefficient (Wildman–Crippen LogP) is 2.28. The van der Waals surface area contributed by atoms with Gasteiger partial charge in [-0.3, -0.25) is 19.3 Å². The van der Waals surface area contributed by atoms with E-state index in [0.717, 1.165) is 76.6 Å². The molecule has 0 radical (unpaired) electrons.